The summed E-state index contributed by atoms with van der Waals surface area (Å²) in [5.41, 5.74) is 0.654. The van der Waals surface area contributed by atoms with Crippen LogP contribution in [0, 0.1) is 5.92 Å². The summed E-state index contributed by atoms with van der Waals surface area (Å²) in [4.78, 5) is 15.8. The van der Waals surface area contributed by atoms with E-state index in [2.05, 4.69) is 17.2 Å². The number of rotatable bonds is 2. The predicted octanol–water partition coefficient (Wildman–Crippen LogP) is 2.39. The van der Waals surface area contributed by atoms with Gasteiger partial charge in [0, 0.05) is 18.4 Å². The first kappa shape index (κ1) is 11.1. The Balaban J connectivity index is 1.88. The second-order valence-electron chi connectivity index (χ2n) is 4.67. The van der Waals surface area contributed by atoms with Gasteiger partial charge >= 0.3 is 0 Å². The topological polar surface area (TPSA) is 42.0 Å². The number of nitrogens with zero attached hydrogens (tertiary/aromatic N) is 1. The maximum Gasteiger partial charge on any atom is 0.253 e. The number of hydrogen-bond donors (Lipinski definition) is 1. The van der Waals surface area contributed by atoms with Crippen LogP contribution in [0.5, 0.6) is 0 Å². The molecule has 16 heavy (non-hydrogen) atoms. The number of carbonyl (C=O) groups is 1. The fourth-order valence-electron chi connectivity index (χ4n) is 2.17. The Kier molecular flexibility index (Phi) is 3.54. The largest absolute Gasteiger partial charge is 0.349 e. The van der Waals surface area contributed by atoms with E-state index in [9.17, 15) is 4.79 Å². The minimum absolute atomic E-state index is 0.00709. The molecule has 2 rings (SSSR count). The molecule has 1 saturated carbocycles. The van der Waals surface area contributed by atoms with Crippen molar-refractivity contribution in [2.45, 2.75) is 38.6 Å². The third-order valence-electron chi connectivity index (χ3n) is 3.27. The Labute approximate surface area is 96.3 Å². The molecule has 0 unspecified atom stereocenters. The molecular formula is C13H18N2O. The van der Waals surface area contributed by atoms with E-state index in [0.29, 0.717) is 11.6 Å². The summed E-state index contributed by atoms with van der Waals surface area (Å²) >= 11 is 0. The molecule has 0 aromatic carbocycles. The van der Waals surface area contributed by atoms with E-state index in [1.165, 1.54) is 12.8 Å². The van der Waals surface area contributed by atoms with E-state index < -0.39 is 0 Å². The standard InChI is InChI=1S/C13H18N2O/c1-10-4-6-12(7-5-10)15-13(16)11-3-2-8-14-9-11/h2-3,8-10,12H,4-7H2,1H3,(H,15,16). The van der Waals surface area contributed by atoms with Gasteiger partial charge in [0.25, 0.3) is 5.91 Å². The number of aromatic nitrogens is 1. The Hall–Kier alpha value is -1.38. The molecule has 0 spiro atoms. The van der Waals surface area contributed by atoms with Gasteiger partial charge in [-0.1, -0.05) is 6.92 Å². The van der Waals surface area contributed by atoms with Gasteiger partial charge in [-0.15, -0.1) is 0 Å². The molecule has 1 aromatic rings. The summed E-state index contributed by atoms with van der Waals surface area (Å²) in [6.45, 7) is 2.28. The summed E-state index contributed by atoms with van der Waals surface area (Å²) in [6.07, 6.45) is 7.94. The minimum Gasteiger partial charge on any atom is -0.349 e. The van der Waals surface area contributed by atoms with Crippen molar-refractivity contribution in [1.82, 2.24) is 10.3 Å². The van der Waals surface area contributed by atoms with Gasteiger partial charge in [0.15, 0.2) is 0 Å². The van der Waals surface area contributed by atoms with Gasteiger partial charge < -0.3 is 5.32 Å². The molecule has 1 aliphatic rings. The molecule has 0 aliphatic heterocycles. The van der Waals surface area contributed by atoms with Crippen LogP contribution < -0.4 is 5.32 Å². The maximum absolute atomic E-state index is 11.8. The minimum atomic E-state index is 0.00709. The van der Waals surface area contributed by atoms with E-state index in [4.69, 9.17) is 0 Å². The van der Waals surface area contributed by atoms with Crippen LogP contribution in [0.1, 0.15) is 43.0 Å². The van der Waals surface area contributed by atoms with Crippen molar-refractivity contribution >= 4 is 5.91 Å². The Morgan fingerprint density at radius 1 is 1.38 bits per heavy atom. The molecule has 0 saturated heterocycles. The average molecular weight is 218 g/mol. The van der Waals surface area contributed by atoms with E-state index in [-0.39, 0.29) is 5.91 Å². The monoisotopic (exact) mass is 218 g/mol. The third-order valence-corrected chi connectivity index (χ3v) is 3.27. The van der Waals surface area contributed by atoms with Crippen molar-refractivity contribution in [3.8, 4) is 0 Å². The van der Waals surface area contributed by atoms with Crippen molar-refractivity contribution in [2.75, 3.05) is 0 Å². The molecule has 1 heterocycles. The van der Waals surface area contributed by atoms with Crippen LogP contribution in [0.4, 0.5) is 0 Å². The molecule has 1 aromatic heterocycles. The number of pyridine rings is 1. The molecule has 3 heteroatoms. The fraction of sp³-hybridized carbons (Fsp3) is 0.538. The molecule has 1 amide bonds. The Morgan fingerprint density at radius 2 is 2.12 bits per heavy atom. The maximum atomic E-state index is 11.8. The first-order chi connectivity index (χ1) is 7.75. The van der Waals surface area contributed by atoms with Gasteiger partial charge in [-0.05, 0) is 43.7 Å². The normalized spacial score (nSPS) is 25.1. The smallest absolute Gasteiger partial charge is 0.253 e. The first-order valence-electron chi connectivity index (χ1n) is 5.96. The fourth-order valence-corrected chi connectivity index (χ4v) is 2.17. The van der Waals surface area contributed by atoms with Crippen LogP contribution in [0.15, 0.2) is 24.5 Å². The molecule has 1 fully saturated rings. The lowest BCUT2D eigenvalue weighted by Crippen LogP contribution is -2.37. The highest BCUT2D eigenvalue weighted by atomic mass is 16.1. The second kappa shape index (κ2) is 5.10. The molecule has 1 aliphatic carbocycles. The van der Waals surface area contributed by atoms with Crippen LogP contribution in [0.25, 0.3) is 0 Å². The van der Waals surface area contributed by atoms with Crippen molar-refractivity contribution in [3.63, 3.8) is 0 Å². The summed E-state index contributed by atoms with van der Waals surface area (Å²) in [6, 6.07) is 3.94. The Bertz CT molecular complexity index is 342. The second-order valence-corrected chi connectivity index (χ2v) is 4.67. The molecule has 86 valence electrons. The van der Waals surface area contributed by atoms with Gasteiger partial charge in [-0.3, -0.25) is 9.78 Å². The van der Waals surface area contributed by atoms with Gasteiger partial charge in [-0.25, -0.2) is 0 Å². The molecule has 0 atom stereocenters. The van der Waals surface area contributed by atoms with Crippen molar-refractivity contribution in [3.05, 3.63) is 30.1 Å². The van der Waals surface area contributed by atoms with Gasteiger partial charge in [0.05, 0.1) is 5.56 Å². The van der Waals surface area contributed by atoms with Crippen molar-refractivity contribution < 1.29 is 4.79 Å². The number of nitrogens with one attached hydrogen (secondary N) is 1. The van der Waals surface area contributed by atoms with E-state index in [1.54, 1.807) is 24.5 Å². The van der Waals surface area contributed by atoms with E-state index in [0.717, 1.165) is 18.8 Å². The van der Waals surface area contributed by atoms with E-state index >= 15 is 0 Å². The lowest BCUT2D eigenvalue weighted by atomic mass is 9.87. The molecule has 0 bridgehead atoms. The summed E-state index contributed by atoms with van der Waals surface area (Å²) in [5, 5.41) is 3.08. The number of hydrogen-bond acceptors (Lipinski definition) is 2. The molecule has 1 N–H and O–H groups in total. The van der Waals surface area contributed by atoms with Crippen molar-refractivity contribution in [1.29, 1.82) is 0 Å². The highest BCUT2D eigenvalue weighted by molar-refractivity contribution is 5.93. The molecular weight excluding hydrogens is 200 g/mol. The summed E-state index contributed by atoms with van der Waals surface area (Å²) in [7, 11) is 0. The van der Waals surface area contributed by atoms with E-state index in [1.807, 2.05) is 0 Å². The zero-order valence-corrected chi connectivity index (χ0v) is 9.65. The SMILES string of the molecule is CC1CCC(NC(=O)c2cccnc2)CC1. The van der Waals surface area contributed by atoms with Crippen LogP contribution in [0.3, 0.4) is 0 Å². The first-order valence-corrected chi connectivity index (χ1v) is 5.96. The summed E-state index contributed by atoms with van der Waals surface area (Å²) < 4.78 is 0. The van der Waals surface area contributed by atoms with Crippen molar-refractivity contribution in [2.24, 2.45) is 5.92 Å². The highest BCUT2D eigenvalue weighted by Gasteiger charge is 2.20. The quantitative estimate of drug-likeness (QED) is 0.828. The van der Waals surface area contributed by atoms with Crippen LogP contribution in [-0.2, 0) is 0 Å². The summed E-state index contributed by atoms with van der Waals surface area (Å²) in [5.74, 6) is 0.819. The number of carbonyl (C=O) groups excluding carboxylic acids is 1. The zero-order chi connectivity index (χ0) is 11.4. The van der Waals surface area contributed by atoms with Crippen LogP contribution in [0.2, 0.25) is 0 Å². The highest BCUT2D eigenvalue weighted by Crippen LogP contribution is 2.23. The average Bonchev–Trinajstić information content (AvgIpc) is 2.33. The Morgan fingerprint density at radius 3 is 2.75 bits per heavy atom. The zero-order valence-electron chi connectivity index (χ0n) is 9.65. The van der Waals surface area contributed by atoms with Gasteiger partial charge in [-0.2, -0.15) is 0 Å². The molecule has 3 nitrogen and oxygen atoms in total. The number of amides is 1. The molecule has 0 radical (unpaired) electrons. The lowest BCUT2D eigenvalue weighted by molar-refractivity contribution is 0.0922. The van der Waals surface area contributed by atoms with Crippen LogP contribution in [-0.4, -0.2) is 16.9 Å². The van der Waals surface area contributed by atoms with Gasteiger partial charge in [0.1, 0.15) is 0 Å². The van der Waals surface area contributed by atoms with Crippen LogP contribution >= 0.6 is 0 Å². The third kappa shape index (κ3) is 2.81. The van der Waals surface area contributed by atoms with Gasteiger partial charge in [0.2, 0.25) is 0 Å². The predicted molar refractivity (Wildman–Crippen MR) is 63.1 cm³/mol. The lowest BCUT2D eigenvalue weighted by Gasteiger charge is -2.26.